The van der Waals surface area contributed by atoms with Crippen LogP contribution in [0.1, 0.15) is 61.9 Å². The molecule has 0 aromatic heterocycles. The van der Waals surface area contributed by atoms with Crippen molar-refractivity contribution < 1.29 is 4.79 Å². The Kier molecular flexibility index (Phi) is 5.36. The zero-order chi connectivity index (χ0) is 14.5. The topological polar surface area (TPSA) is 29.1 Å². The third kappa shape index (κ3) is 3.92. The Bertz CT molecular complexity index is 429. The number of hydrogen-bond donors (Lipinski definition) is 1. The molecule has 1 aromatic rings. The number of rotatable bonds is 5. The van der Waals surface area contributed by atoms with Crippen molar-refractivity contribution in [2.45, 2.75) is 46.0 Å². The Hall–Kier alpha value is -1.15. The summed E-state index contributed by atoms with van der Waals surface area (Å²) in [6, 6.07) is 8.16. The second-order valence-electron chi connectivity index (χ2n) is 6.49. The van der Waals surface area contributed by atoms with Gasteiger partial charge < -0.3 is 5.32 Å². The Morgan fingerprint density at radius 1 is 1.25 bits per heavy atom. The molecule has 1 heterocycles. The van der Waals surface area contributed by atoms with Crippen LogP contribution in [0.3, 0.4) is 0 Å². The molecule has 1 aliphatic heterocycles. The molecule has 2 rings (SSSR count). The largest absolute Gasteiger partial charge is 0.316 e. The molecule has 2 unspecified atom stereocenters. The van der Waals surface area contributed by atoms with Crippen LogP contribution in [-0.2, 0) is 0 Å². The van der Waals surface area contributed by atoms with Crippen LogP contribution in [0.25, 0.3) is 0 Å². The fraction of sp³-hybridized carbons (Fsp3) is 0.611. The van der Waals surface area contributed by atoms with E-state index in [1.165, 1.54) is 18.4 Å². The van der Waals surface area contributed by atoms with Gasteiger partial charge in [0.2, 0.25) is 0 Å². The van der Waals surface area contributed by atoms with E-state index < -0.39 is 0 Å². The molecule has 0 radical (unpaired) electrons. The van der Waals surface area contributed by atoms with Crippen molar-refractivity contribution in [2.75, 3.05) is 13.1 Å². The van der Waals surface area contributed by atoms with Crippen molar-refractivity contribution >= 4 is 5.78 Å². The zero-order valence-corrected chi connectivity index (χ0v) is 13.0. The fourth-order valence-corrected chi connectivity index (χ4v) is 3.00. The predicted octanol–water partition coefficient (Wildman–Crippen LogP) is 4.02. The Morgan fingerprint density at radius 2 is 1.95 bits per heavy atom. The predicted molar refractivity (Wildman–Crippen MR) is 84.2 cm³/mol. The summed E-state index contributed by atoms with van der Waals surface area (Å²) in [7, 11) is 0. The van der Waals surface area contributed by atoms with E-state index in [1.807, 2.05) is 12.1 Å². The number of carbonyl (C=O) groups excluding carboxylic acids is 1. The summed E-state index contributed by atoms with van der Waals surface area (Å²) in [4.78, 5) is 12.4. The van der Waals surface area contributed by atoms with Gasteiger partial charge in [-0.1, -0.05) is 45.0 Å². The first kappa shape index (κ1) is 15.2. The Labute approximate surface area is 123 Å². The highest BCUT2D eigenvalue weighted by atomic mass is 16.1. The molecule has 1 fully saturated rings. The van der Waals surface area contributed by atoms with Crippen molar-refractivity contribution in [1.82, 2.24) is 5.32 Å². The standard InChI is InChI=1S/C18H27NO/c1-13(2)15-6-8-16(9-7-15)18(20)11-14(3)17-5-4-10-19-12-17/h6-9,13-14,17,19H,4-5,10-12H2,1-3H3. The van der Waals surface area contributed by atoms with Crippen LogP contribution >= 0.6 is 0 Å². The average molecular weight is 273 g/mol. The summed E-state index contributed by atoms with van der Waals surface area (Å²) < 4.78 is 0. The molecule has 0 aliphatic carbocycles. The monoisotopic (exact) mass is 273 g/mol. The van der Waals surface area contributed by atoms with E-state index in [4.69, 9.17) is 0 Å². The number of ketones is 1. The van der Waals surface area contributed by atoms with Gasteiger partial charge in [-0.05, 0) is 49.2 Å². The molecule has 1 aliphatic rings. The molecular weight excluding hydrogens is 246 g/mol. The first-order valence-electron chi connectivity index (χ1n) is 7.91. The van der Waals surface area contributed by atoms with Crippen molar-refractivity contribution in [2.24, 2.45) is 11.8 Å². The highest BCUT2D eigenvalue weighted by Gasteiger charge is 2.22. The molecule has 0 spiro atoms. The molecule has 0 bridgehead atoms. The molecule has 0 saturated carbocycles. The molecule has 1 saturated heterocycles. The summed E-state index contributed by atoms with van der Waals surface area (Å²) in [6.45, 7) is 8.77. The molecule has 1 N–H and O–H groups in total. The van der Waals surface area contributed by atoms with Crippen LogP contribution in [-0.4, -0.2) is 18.9 Å². The van der Waals surface area contributed by atoms with Crippen molar-refractivity contribution in [3.63, 3.8) is 0 Å². The number of Topliss-reactive ketones (excluding diaryl/α,β-unsaturated/α-hetero) is 1. The lowest BCUT2D eigenvalue weighted by atomic mass is 9.83. The molecule has 2 atom stereocenters. The minimum atomic E-state index is 0.290. The highest BCUT2D eigenvalue weighted by Crippen LogP contribution is 2.24. The average Bonchev–Trinajstić information content (AvgIpc) is 2.48. The molecule has 110 valence electrons. The SMILES string of the molecule is CC(C)c1ccc(C(=O)CC(C)C2CCCNC2)cc1. The van der Waals surface area contributed by atoms with Crippen LogP contribution in [0.5, 0.6) is 0 Å². The fourth-order valence-electron chi connectivity index (χ4n) is 3.00. The summed E-state index contributed by atoms with van der Waals surface area (Å²) >= 11 is 0. The number of carbonyl (C=O) groups is 1. The van der Waals surface area contributed by atoms with Crippen molar-refractivity contribution in [3.05, 3.63) is 35.4 Å². The minimum Gasteiger partial charge on any atom is -0.316 e. The van der Waals surface area contributed by atoms with E-state index in [9.17, 15) is 4.79 Å². The maximum absolute atomic E-state index is 12.4. The third-order valence-corrected chi connectivity index (χ3v) is 4.55. The van der Waals surface area contributed by atoms with Gasteiger partial charge in [-0.3, -0.25) is 4.79 Å². The number of nitrogens with one attached hydrogen (secondary N) is 1. The first-order valence-corrected chi connectivity index (χ1v) is 7.91. The molecule has 0 amide bonds. The second-order valence-corrected chi connectivity index (χ2v) is 6.49. The smallest absolute Gasteiger partial charge is 0.163 e. The van der Waals surface area contributed by atoms with E-state index in [1.54, 1.807) is 0 Å². The molecule has 2 heteroatoms. The molecule has 1 aromatic carbocycles. The van der Waals surface area contributed by atoms with E-state index >= 15 is 0 Å². The van der Waals surface area contributed by atoms with Crippen molar-refractivity contribution in [1.29, 1.82) is 0 Å². The zero-order valence-electron chi connectivity index (χ0n) is 13.0. The van der Waals surface area contributed by atoms with Gasteiger partial charge in [0.25, 0.3) is 0 Å². The van der Waals surface area contributed by atoms with Crippen LogP contribution in [0.4, 0.5) is 0 Å². The van der Waals surface area contributed by atoms with Crippen LogP contribution in [0, 0.1) is 11.8 Å². The van der Waals surface area contributed by atoms with Gasteiger partial charge in [-0.15, -0.1) is 0 Å². The van der Waals surface area contributed by atoms with Gasteiger partial charge in [0.05, 0.1) is 0 Å². The van der Waals surface area contributed by atoms with Gasteiger partial charge in [-0.25, -0.2) is 0 Å². The van der Waals surface area contributed by atoms with Gasteiger partial charge >= 0.3 is 0 Å². The summed E-state index contributed by atoms with van der Waals surface area (Å²) in [5.74, 6) is 1.94. The van der Waals surface area contributed by atoms with E-state index in [0.29, 0.717) is 30.0 Å². The lowest BCUT2D eigenvalue weighted by Crippen LogP contribution is -2.34. The van der Waals surface area contributed by atoms with Gasteiger partial charge in [0.15, 0.2) is 5.78 Å². The molecule has 20 heavy (non-hydrogen) atoms. The molecule has 2 nitrogen and oxygen atoms in total. The maximum atomic E-state index is 12.4. The van der Waals surface area contributed by atoms with E-state index in [2.05, 4.69) is 38.2 Å². The van der Waals surface area contributed by atoms with E-state index in [-0.39, 0.29) is 0 Å². The normalized spacial score (nSPS) is 20.9. The quantitative estimate of drug-likeness (QED) is 0.821. The number of hydrogen-bond acceptors (Lipinski definition) is 2. The van der Waals surface area contributed by atoms with E-state index in [0.717, 1.165) is 18.7 Å². The summed E-state index contributed by atoms with van der Waals surface area (Å²) in [6.07, 6.45) is 3.17. The lowest BCUT2D eigenvalue weighted by Gasteiger charge is -2.28. The number of piperidine rings is 1. The third-order valence-electron chi connectivity index (χ3n) is 4.55. The highest BCUT2D eigenvalue weighted by molar-refractivity contribution is 5.96. The van der Waals surface area contributed by atoms with Crippen LogP contribution in [0.2, 0.25) is 0 Å². The van der Waals surface area contributed by atoms with Crippen molar-refractivity contribution in [3.8, 4) is 0 Å². The maximum Gasteiger partial charge on any atom is 0.163 e. The minimum absolute atomic E-state index is 0.290. The van der Waals surface area contributed by atoms with Gasteiger partial charge in [-0.2, -0.15) is 0 Å². The van der Waals surface area contributed by atoms with Gasteiger partial charge in [0.1, 0.15) is 0 Å². The second kappa shape index (κ2) is 7.03. The first-order chi connectivity index (χ1) is 9.58. The van der Waals surface area contributed by atoms with Gasteiger partial charge in [0, 0.05) is 12.0 Å². The van der Waals surface area contributed by atoms with Crippen LogP contribution in [0.15, 0.2) is 24.3 Å². The lowest BCUT2D eigenvalue weighted by molar-refractivity contribution is 0.0943. The van der Waals surface area contributed by atoms with Crippen LogP contribution < -0.4 is 5.32 Å². The Morgan fingerprint density at radius 3 is 2.50 bits per heavy atom. The Balaban J connectivity index is 1.93. The summed E-state index contributed by atoms with van der Waals surface area (Å²) in [5, 5.41) is 3.44. The summed E-state index contributed by atoms with van der Waals surface area (Å²) in [5.41, 5.74) is 2.16. The number of benzene rings is 1. The molecular formula is C18H27NO.